The molecule has 4 nitrogen and oxygen atoms in total. The molecule has 116 valence electrons. The fraction of sp³-hybridized carbons (Fsp3) is 0.111. The Morgan fingerprint density at radius 1 is 1.22 bits per heavy atom. The topological polar surface area (TPSA) is 59.4 Å². The van der Waals surface area contributed by atoms with E-state index in [1.807, 2.05) is 42.5 Å². The SMILES string of the molecule is COc1ccc2nc(Cl)c(CC(=O)O)c(-c3ccccc3)c2c1. The third-order valence-electron chi connectivity index (χ3n) is 3.63. The minimum atomic E-state index is -0.951. The monoisotopic (exact) mass is 327 g/mol. The highest BCUT2D eigenvalue weighted by molar-refractivity contribution is 6.31. The zero-order chi connectivity index (χ0) is 16.4. The second kappa shape index (κ2) is 6.26. The number of carbonyl (C=O) groups is 1. The van der Waals surface area contributed by atoms with Gasteiger partial charge in [0.2, 0.25) is 0 Å². The highest BCUT2D eigenvalue weighted by Gasteiger charge is 2.18. The summed E-state index contributed by atoms with van der Waals surface area (Å²) in [7, 11) is 1.59. The fourth-order valence-corrected chi connectivity index (χ4v) is 2.88. The van der Waals surface area contributed by atoms with Crippen LogP contribution in [0.2, 0.25) is 5.15 Å². The molecule has 0 amide bonds. The van der Waals surface area contributed by atoms with Crippen LogP contribution in [-0.4, -0.2) is 23.2 Å². The van der Waals surface area contributed by atoms with Gasteiger partial charge in [-0.15, -0.1) is 0 Å². The molecule has 0 fully saturated rings. The summed E-state index contributed by atoms with van der Waals surface area (Å²) in [6.45, 7) is 0. The van der Waals surface area contributed by atoms with E-state index in [1.54, 1.807) is 13.2 Å². The Morgan fingerprint density at radius 2 is 1.96 bits per heavy atom. The molecule has 0 spiro atoms. The van der Waals surface area contributed by atoms with E-state index in [2.05, 4.69) is 4.98 Å². The number of fused-ring (bicyclic) bond motifs is 1. The van der Waals surface area contributed by atoms with Crippen LogP contribution in [-0.2, 0) is 11.2 Å². The highest BCUT2D eigenvalue weighted by Crippen LogP contribution is 2.36. The Kier molecular flexibility index (Phi) is 4.17. The van der Waals surface area contributed by atoms with Crippen molar-refractivity contribution in [3.8, 4) is 16.9 Å². The lowest BCUT2D eigenvalue weighted by Gasteiger charge is -2.14. The van der Waals surface area contributed by atoms with Crippen LogP contribution in [0.4, 0.5) is 0 Å². The van der Waals surface area contributed by atoms with E-state index in [0.29, 0.717) is 16.8 Å². The second-order valence-corrected chi connectivity index (χ2v) is 5.43. The Morgan fingerprint density at radius 3 is 2.61 bits per heavy atom. The quantitative estimate of drug-likeness (QED) is 0.730. The lowest BCUT2D eigenvalue weighted by atomic mass is 9.94. The van der Waals surface area contributed by atoms with Crippen LogP contribution in [0, 0.1) is 0 Å². The van der Waals surface area contributed by atoms with Crippen LogP contribution < -0.4 is 4.74 Å². The van der Waals surface area contributed by atoms with Gasteiger partial charge < -0.3 is 9.84 Å². The van der Waals surface area contributed by atoms with Crippen molar-refractivity contribution in [2.24, 2.45) is 0 Å². The maximum Gasteiger partial charge on any atom is 0.307 e. The summed E-state index contributed by atoms with van der Waals surface area (Å²) < 4.78 is 5.29. The molecule has 5 heteroatoms. The van der Waals surface area contributed by atoms with Gasteiger partial charge in [-0.25, -0.2) is 4.98 Å². The molecule has 0 unspecified atom stereocenters. The van der Waals surface area contributed by atoms with Crippen LogP contribution in [0.25, 0.3) is 22.0 Å². The van der Waals surface area contributed by atoms with Crippen molar-refractivity contribution in [1.82, 2.24) is 4.98 Å². The molecule has 0 radical (unpaired) electrons. The van der Waals surface area contributed by atoms with Crippen LogP contribution in [0.15, 0.2) is 48.5 Å². The van der Waals surface area contributed by atoms with Crippen molar-refractivity contribution in [2.45, 2.75) is 6.42 Å². The molecule has 0 bridgehead atoms. The number of methoxy groups -OCH3 is 1. The first-order valence-electron chi connectivity index (χ1n) is 7.03. The van der Waals surface area contributed by atoms with Gasteiger partial charge in [-0.1, -0.05) is 41.9 Å². The second-order valence-electron chi connectivity index (χ2n) is 5.08. The Hall–Kier alpha value is -2.59. The van der Waals surface area contributed by atoms with E-state index in [9.17, 15) is 9.90 Å². The number of rotatable bonds is 4. The van der Waals surface area contributed by atoms with Gasteiger partial charge in [0, 0.05) is 10.9 Å². The number of ether oxygens (including phenoxy) is 1. The maximum atomic E-state index is 11.3. The van der Waals surface area contributed by atoms with Crippen LogP contribution in [0.3, 0.4) is 0 Å². The molecule has 1 N–H and O–H groups in total. The summed E-state index contributed by atoms with van der Waals surface area (Å²) in [4.78, 5) is 15.6. The number of nitrogens with zero attached hydrogens (tertiary/aromatic N) is 1. The van der Waals surface area contributed by atoms with Crippen molar-refractivity contribution in [2.75, 3.05) is 7.11 Å². The molecule has 0 aliphatic carbocycles. The highest BCUT2D eigenvalue weighted by atomic mass is 35.5. The first-order valence-corrected chi connectivity index (χ1v) is 7.41. The molecule has 23 heavy (non-hydrogen) atoms. The number of halogens is 1. The molecule has 0 saturated heterocycles. The summed E-state index contributed by atoms with van der Waals surface area (Å²) in [6.07, 6.45) is -0.191. The fourth-order valence-electron chi connectivity index (χ4n) is 2.63. The minimum Gasteiger partial charge on any atom is -0.497 e. The minimum absolute atomic E-state index is 0.191. The molecule has 0 saturated carbocycles. The summed E-state index contributed by atoms with van der Waals surface area (Å²) in [5.74, 6) is -0.270. The number of carboxylic acids is 1. The average Bonchev–Trinajstić information content (AvgIpc) is 2.55. The lowest BCUT2D eigenvalue weighted by Crippen LogP contribution is -2.05. The maximum absolute atomic E-state index is 11.3. The van der Waals surface area contributed by atoms with Crippen molar-refractivity contribution >= 4 is 28.5 Å². The van der Waals surface area contributed by atoms with E-state index in [1.165, 1.54) is 0 Å². The molecular weight excluding hydrogens is 314 g/mol. The number of hydrogen-bond acceptors (Lipinski definition) is 3. The first-order chi connectivity index (χ1) is 11.1. The third kappa shape index (κ3) is 2.98. The molecule has 3 aromatic rings. The lowest BCUT2D eigenvalue weighted by molar-refractivity contribution is -0.136. The normalized spacial score (nSPS) is 10.7. The van der Waals surface area contributed by atoms with E-state index in [-0.39, 0.29) is 11.6 Å². The van der Waals surface area contributed by atoms with Gasteiger partial charge in [0.15, 0.2) is 0 Å². The van der Waals surface area contributed by atoms with Crippen molar-refractivity contribution < 1.29 is 14.6 Å². The van der Waals surface area contributed by atoms with Gasteiger partial charge in [0.1, 0.15) is 10.9 Å². The van der Waals surface area contributed by atoms with E-state index < -0.39 is 5.97 Å². The molecule has 0 aliphatic rings. The van der Waals surface area contributed by atoms with E-state index >= 15 is 0 Å². The molecule has 3 rings (SSSR count). The molecule has 1 heterocycles. The standard InChI is InChI=1S/C18H14ClNO3/c1-23-12-7-8-15-13(9-12)17(11-5-3-2-4-6-11)14(10-16(21)22)18(19)20-15/h2-9H,10H2,1H3,(H,21,22). The number of carboxylic acid groups (broad SMARTS) is 1. The number of benzene rings is 2. The molecule has 0 atom stereocenters. The van der Waals surface area contributed by atoms with Crippen molar-refractivity contribution in [1.29, 1.82) is 0 Å². The van der Waals surface area contributed by atoms with Gasteiger partial charge in [0.25, 0.3) is 0 Å². The molecule has 0 aliphatic heterocycles. The van der Waals surface area contributed by atoms with Gasteiger partial charge in [-0.3, -0.25) is 4.79 Å². The van der Waals surface area contributed by atoms with E-state index in [4.69, 9.17) is 16.3 Å². The van der Waals surface area contributed by atoms with Gasteiger partial charge >= 0.3 is 5.97 Å². The van der Waals surface area contributed by atoms with Crippen LogP contribution >= 0.6 is 11.6 Å². The zero-order valence-electron chi connectivity index (χ0n) is 12.4. The number of aliphatic carboxylic acids is 1. The predicted molar refractivity (Wildman–Crippen MR) is 90.1 cm³/mol. The Balaban J connectivity index is 2.40. The third-order valence-corrected chi connectivity index (χ3v) is 3.95. The van der Waals surface area contributed by atoms with Crippen LogP contribution in [0.1, 0.15) is 5.56 Å². The van der Waals surface area contributed by atoms with E-state index in [0.717, 1.165) is 16.5 Å². The largest absolute Gasteiger partial charge is 0.497 e. The Labute approximate surface area is 138 Å². The summed E-state index contributed by atoms with van der Waals surface area (Å²) in [6, 6.07) is 15.0. The summed E-state index contributed by atoms with van der Waals surface area (Å²) in [5, 5.41) is 10.3. The van der Waals surface area contributed by atoms with Crippen molar-refractivity contribution in [3.05, 3.63) is 59.2 Å². The molecule has 2 aromatic carbocycles. The molecular formula is C18H14ClNO3. The predicted octanol–water partition coefficient (Wildman–Crippen LogP) is 4.19. The molecule has 1 aromatic heterocycles. The zero-order valence-corrected chi connectivity index (χ0v) is 13.2. The van der Waals surface area contributed by atoms with Crippen LogP contribution in [0.5, 0.6) is 5.75 Å². The van der Waals surface area contributed by atoms with Gasteiger partial charge in [0.05, 0.1) is 19.0 Å². The first kappa shape index (κ1) is 15.3. The Bertz CT molecular complexity index is 878. The van der Waals surface area contributed by atoms with Crippen molar-refractivity contribution in [3.63, 3.8) is 0 Å². The van der Waals surface area contributed by atoms with Gasteiger partial charge in [-0.2, -0.15) is 0 Å². The smallest absolute Gasteiger partial charge is 0.307 e. The summed E-state index contributed by atoms with van der Waals surface area (Å²) >= 11 is 6.27. The number of hydrogen-bond donors (Lipinski definition) is 1. The summed E-state index contributed by atoms with van der Waals surface area (Å²) in [5.41, 5.74) is 2.88. The average molecular weight is 328 g/mol. The number of aromatic nitrogens is 1. The van der Waals surface area contributed by atoms with Gasteiger partial charge in [-0.05, 0) is 29.3 Å². The number of pyridine rings is 1.